The van der Waals surface area contributed by atoms with E-state index in [4.69, 9.17) is 0 Å². The molecule has 0 atom stereocenters. The molecular formula is C7H4F4INO. The molecule has 0 bridgehead atoms. The van der Waals surface area contributed by atoms with Crippen molar-refractivity contribution in [1.29, 1.82) is 0 Å². The van der Waals surface area contributed by atoms with Crippen LogP contribution < -0.4 is 4.74 Å². The molecule has 1 heterocycles. The molecule has 7 heteroatoms. The minimum atomic E-state index is -4.49. The maximum absolute atomic E-state index is 12.1. The minimum absolute atomic E-state index is 0.00102. The molecule has 0 N–H and O–H groups in total. The van der Waals surface area contributed by atoms with Gasteiger partial charge in [0.15, 0.2) is 5.75 Å². The van der Waals surface area contributed by atoms with Crippen LogP contribution in [0.15, 0.2) is 12.1 Å². The number of halogens is 5. The molecule has 1 aromatic heterocycles. The summed E-state index contributed by atoms with van der Waals surface area (Å²) in [5, 5.41) is 0. The van der Waals surface area contributed by atoms with Gasteiger partial charge in [-0.2, -0.15) is 13.2 Å². The van der Waals surface area contributed by atoms with E-state index in [2.05, 4.69) is 9.72 Å². The zero-order valence-electron chi connectivity index (χ0n) is 6.61. The largest absolute Gasteiger partial charge is 0.460 e. The van der Waals surface area contributed by atoms with Gasteiger partial charge >= 0.3 is 6.18 Å². The first-order chi connectivity index (χ1) is 6.45. The Morgan fingerprint density at radius 2 is 2.00 bits per heavy atom. The van der Waals surface area contributed by atoms with Crippen molar-refractivity contribution in [3.05, 3.63) is 21.5 Å². The molecule has 1 aromatic rings. The maximum atomic E-state index is 12.1. The molecule has 0 saturated carbocycles. The number of nitrogens with zero attached hydrogens (tertiary/aromatic N) is 1. The van der Waals surface area contributed by atoms with Gasteiger partial charge < -0.3 is 4.74 Å². The second kappa shape index (κ2) is 4.28. The highest BCUT2D eigenvalue weighted by Crippen LogP contribution is 2.30. The molecular weight excluding hydrogens is 317 g/mol. The van der Waals surface area contributed by atoms with Crippen LogP contribution in [0.3, 0.4) is 0 Å². The van der Waals surface area contributed by atoms with Crippen molar-refractivity contribution in [1.82, 2.24) is 4.98 Å². The molecule has 0 aliphatic rings. The van der Waals surface area contributed by atoms with Gasteiger partial charge in [-0.25, -0.2) is 9.37 Å². The summed E-state index contributed by atoms with van der Waals surface area (Å²) in [6.45, 7) is -1.09. The Balaban J connectivity index is 3.01. The second-order valence-corrected chi connectivity index (χ2v) is 3.26. The van der Waals surface area contributed by atoms with Crippen molar-refractivity contribution in [2.75, 3.05) is 6.86 Å². The minimum Gasteiger partial charge on any atom is -0.460 e. The number of pyridine rings is 1. The zero-order chi connectivity index (χ0) is 10.8. The van der Waals surface area contributed by atoms with Crippen molar-refractivity contribution in [3.8, 4) is 5.75 Å². The van der Waals surface area contributed by atoms with E-state index in [1.165, 1.54) is 0 Å². The van der Waals surface area contributed by atoms with Gasteiger partial charge in [-0.3, -0.25) is 0 Å². The highest BCUT2D eigenvalue weighted by atomic mass is 127. The summed E-state index contributed by atoms with van der Waals surface area (Å²) in [4.78, 5) is 3.23. The fraction of sp³-hybridized carbons (Fsp3) is 0.286. The van der Waals surface area contributed by atoms with Crippen LogP contribution >= 0.6 is 22.6 Å². The molecule has 2 nitrogen and oxygen atoms in total. The van der Waals surface area contributed by atoms with E-state index in [9.17, 15) is 17.6 Å². The highest BCUT2D eigenvalue weighted by Gasteiger charge is 2.32. The third-order valence-corrected chi connectivity index (χ3v) is 2.09. The van der Waals surface area contributed by atoms with Crippen LogP contribution in [-0.4, -0.2) is 11.8 Å². The summed E-state index contributed by atoms with van der Waals surface area (Å²) < 4.78 is 52.4. The third kappa shape index (κ3) is 2.69. The number of aromatic nitrogens is 1. The molecule has 0 aliphatic carbocycles. The first-order valence-corrected chi connectivity index (χ1v) is 4.45. The summed E-state index contributed by atoms with van der Waals surface area (Å²) in [5.41, 5.74) is -1.02. The average Bonchev–Trinajstić information content (AvgIpc) is 2.07. The van der Waals surface area contributed by atoms with Crippen LogP contribution in [0.25, 0.3) is 0 Å². The Labute approximate surface area is 90.4 Å². The van der Waals surface area contributed by atoms with E-state index in [0.29, 0.717) is 0 Å². The SMILES string of the molecule is FCOc1ccc(C(F)(F)F)nc1I. The van der Waals surface area contributed by atoms with E-state index < -0.39 is 18.7 Å². The van der Waals surface area contributed by atoms with Crippen molar-refractivity contribution >= 4 is 22.6 Å². The molecule has 14 heavy (non-hydrogen) atoms. The van der Waals surface area contributed by atoms with Gasteiger partial charge in [0.25, 0.3) is 0 Å². The number of rotatable bonds is 2. The summed E-state index contributed by atoms with van der Waals surface area (Å²) in [6, 6.07) is 1.78. The Bertz CT molecular complexity index is 328. The van der Waals surface area contributed by atoms with Crippen molar-refractivity contribution in [2.24, 2.45) is 0 Å². The van der Waals surface area contributed by atoms with Crippen LogP contribution in [0.2, 0.25) is 0 Å². The van der Waals surface area contributed by atoms with E-state index >= 15 is 0 Å². The fourth-order valence-electron chi connectivity index (χ4n) is 0.746. The Morgan fingerprint density at radius 1 is 1.36 bits per heavy atom. The number of alkyl halides is 4. The summed E-state index contributed by atoms with van der Waals surface area (Å²) >= 11 is 1.55. The average molecular weight is 321 g/mol. The lowest BCUT2D eigenvalue weighted by molar-refractivity contribution is -0.141. The third-order valence-electron chi connectivity index (χ3n) is 1.32. The summed E-state index contributed by atoms with van der Waals surface area (Å²) in [7, 11) is 0. The Hall–Kier alpha value is -0.600. The highest BCUT2D eigenvalue weighted by molar-refractivity contribution is 14.1. The lowest BCUT2D eigenvalue weighted by Crippen LogP contribution is -2.09. The topological polar surface area (TPSA) is 22.1 Å². The van der Waals surface area contributed by atoms with Gasteiger partial charge in [-0.05, 0) is 34.7 Å². The summed E-state index contributed by atoms with van der Waals surface area (Å²) in [6.07, 6.45) is -4.49. The Morgan fingerprint density at radius 3 is 2.43 bits per heavy atom. The predicted molar refractivity (Wildman–Crippen MR) is 48.6 cm³/mol. The van der Waals surface area contributed by atoms with E-state index in [-0.39, 0.29) is 9.45 Å². The molecule has 1 rings (SSSR count). The molecule has 0 aliphatic heterocycles. The number of hydrogen-bond donors (Lipinski definition) is 0. The van der Waals surface area contributed by atoms with Crippen LogP contribution in [0.5, 0.6) is 5.75 Å². The first-order valence-electron chi connectivity index (χ1n) is 3.37. The lowest BCUT2D eigenvalue weighted by Gasteiger charge is -2.08. The molecule has 78 valence electrons. The van der Waals surface area contributed by atoms with Crippen LogP contribution in [0.4, 0.5) is 17.6 Å². The quantitative estimate of drug-likeness (QED) is 0.475. The van der Waals surface area contributed by atoms with Crippen LogP contribution in [0, 0.1) is 3.70 Å². The summed E-state index contributed by atoms with van der Waals surface area (Å²) in [5.74, 6) is 0.00102. The molecule has 0 spiro atoms. The van der Waals surface area contributed by atoms with Crippen LogP contribution in [0.1, 0.15) is 5.69 Å². The van der Waals surface area contributed by atoms with Gasteiger partial charge in [0.1, 0.15) is 9.39 Å². The van der Waals surface area contributed by atoms with Gasteiger partial charge in [0, 0.05) is 0 Å². The molecule has 0 aromatic carbocycles. The maximum Gasteiger partial charge on any atom is 0.433 e. The van der Waals surface area contributed by atoms with Crippen molar-refractivity contribution < 1.29 is 22.3 Å². The number of ether oxygens (including phenoxy) is 1. The van der Waals surface area contributed by atoms with Gasteiger partial charge in [0.05, 0.1) is 0 Å². The van der Waals surface area contributed by atoms with E-state index in [1.54, 1.807) is 22.6 Å². The second-order valence-electron chi connectivity index (χ2n) is 2.24. The van der Waals surface area contributed by atoms with Gasteiger partial charge in [-0.15, -0.1) is 0 Å². The molecule has 0 saturated heterocycles. The van der Waals surface area contributed by atoms with E-state index in [0.717, 1.165) is 12.1 Å². The smallest absolute Gasteiger partial charge is 0.433 e. The first kappa shape index (κ1) is 11.5. The Kier molecular flexibility index (Phi) is 3.51. The van der Waals surface area contributed by atoms with Crippen molar-refractivity contribution in [2.45, 2.75) is 6.18 Å². The molecule has 0 fully saturated rings. The van der Waals surface area contributed by atoms with Crippen LogP contribution in [-0.2, 0) is 6.18 Å². The monoisotopic (exact) mass is 321 g/mol. The standard InChI is InChI=1S/C7H4F4INO/c8-3-14-4-1-2-5(7(9,10)11)13-6(4)12/h1-2H,3H2. The van der Waals surface area contributed by atoms with Crippen molar-refractivity contribution in [3.63, 3.8) is 0 Å². The predicted octanol–water partition coefficient (Wildman–Crippen LogP) is 3.01. The molecule has 0 amide bonds. The number of hydrogen-bond acceptors (Lipinski definition) is 2. The normalized spacial score (nSPS) is 11.5. The lowest BCUT2D eigenvalue weighted by atomic mass is 10.3. The zero-order valence-corrected chi connectivity index (χ0v) is 8.76. The fourth-order valence-corrected chi connectivity index (χ4v) is 1.34. The molecule has 0 unspecified atom stereocenters. The van der Waals surface area contributed by atoms with Gasteiger partial charge in [0.2, 0.25) is 6.86 Å². The van der Waals surface area contributed by atoms with Gasteiger partial charge in [-0.1, -0.05) is 0 Å². The molecule has 0 radical (unpaired) electrons. The van der Waals surface area contributed by atoms with E-state index in [1.807, 2.05) is 0 Å².